The molecule has 0 bridgehead atoms. The molecule has 0 spiro atoms. The molecule has 5 nitrogen and oxygen atoms in total. The monoisotopic (exact) mass is 245 g/mol. The van der Waals surface area contributed by atoms with E-state index in [0.717, 1.165) is 31.7 Å². The van der Waals surface area contributed by atoms with Gasteiger partial charge in [-0.25, -0.2) is 9.97 Å². The molecular weight excluding hydrogens is 226 g/mol. The predicted molar refractivity (Wildman–Crippen MR) is 70.4 cm³/mol. The van der Waals surface area contributed by atoms with E-state index < -0.39 is 0 Å². The van der Waals surface area contributed by atoms with Crippen molar-refractivity contribution in [2.75, 3.05) is 31.6 Å². The predicted octanol–water partition coefficient (Wildman–Crippen LogP) is 1.19. The summed E-state index contributed by atoms with van der Waals surface area (Å²) in [6, 6.07) is 4.19. The summed E-state index contributed by atoms with van der Waals surface area (Å²) in [5.41, 5.74) is 1.30. The summed E-state index contributed by atoms with van der Waals surface area (Å²) >= 11 is 0. The first-order chi connectivity index (χ1) is 8.60. The van der Waals surface area contributed by atoms with Crippen LogP contribution in [0.25, 0.3) is 0 Å². The number of hydrogen-bond acceptors (Lipinski definition) is 5. The lowest BCUT2D eigenvalue weighted by Crippen LogP contribution is -2.39. The molecule has 96 valence electrons. The van der Waals surface area contributed by atoms with E-state index in [4.69, 9.17) is 5.26 Å². The fraction of sp³-hybridized carbons (Fsp3) is 0.615. The highest BCUT2D eigenvalue weighted by Crippen LogP contribution is 2.16. The van der Waals surface area contributed by atoms with E-state index in [9.17, 15) is 0 Å². The Morgan fingerprint density at radius 1 is 1.39 bits per heavy atom. The number of aromatic nitrogens is 2. The second kappa shape index (κ2) is 5.32. The van der Waals surface area contributed by atoms with Gasteiger partial charge in [-0.1, -0.05) is 0 Å². The van der Waals surface area contributed by atoms with E-state index >= 15 is 0 Å². The molecule has 1 aliphatic rings. The molecule has 1 fully saturated rings. The number of likely N-dealkylation sites (N-methyl/N-ethyl adjacent to an activating group) is 1. The Bertz CT molecular complexity index is 465. The molecule has 0 aliphatic carbocycles. The molecule has 0 amide bonds. The summed E-state index contributed by atoms with van der Waals surface area (Å²) in [4.78, 5) is 13.3. The fourth-order valence-electron chi connectivity index (χ4n) is 2.41. The summed E-state index contributed by atoms with van der Waals surface area (Å²) in [6.07, 6.45) is 1.10. The number of aryl methyl sites for hydroxylation is 1. The van der Waals surface area contributed by atoms with Crippen LogP contribution in [-0.2, 0) is 0 Å². The third-order valence-electron chi connectivity index (χ3n) is 3.26. The Labute approximate surface area is 108 Å². The molecule has 1 aromatic heterocycles. The van der Waals surface area contributed by atoms with Crippen LogP contribution in [0.4, 0.5) is 5.95 Å². The van der Waals surface area contributed by atoms with Gasteiger partial charge in [-0.05, 0) is 39.9 Å². The number of hydrogen-bond donors (Lipinski definition) is 0. The zero-order valence-electron chi connectivity index (χ0n) is 11.2. The lowest BCUT2D eigenvalue weighted by Gasteiger charge is -2.28. The molecule has 2 rings (SSSR count). The van der Waals surface area contributed by atoms with Crippen LogP contribution in [0, 0.1) is 18.3 Å². The number of rotatable bonds is 1. The van der Waals surface area contributed by atoms with Gasteiger partial charge in [0.2, 0.25) is 5.95 Å². The molecule has 1 atom stereocenters. The van der Waals surface area contributed by atoms with Gasteiger partial charge in [-0.15, -0.1) is 0 Å². The molecule has 0 N–H and O–H groups in total. The SMILES string of the molecule is Cc1cc(C#N)nc(N2CCCN(C)CC2C)n1. The normalized spacial score (nSPS) is 21.4. The van der Waals surface area contributed by atoms with Crippen LogP contribution in [0.3, 0.4) is 0 Å². The van der Waals surface area contributed by atoms with Crippen LogP contribution < -0.4 is 4.90 Å². The third kappa shape index (κ3) is 2.77. The molecule has 1 aromatic rings. The molecule has 18 heavy (non-hydrogen) atoms. The number of anilines is 1. The molecule has 5 heteroatoms. The fourth-order valence-corrected chi connectivity index (χ4v) is 2.41. The minimum atomic E-state index is 0.367. The maximum Gasteiger partial charge on any atom is 0.227 e. The van der Waals surface area contributed by atoms with Crippen LogP contribution in [0.15, 0.2) is 6.07 Å². The summed E-state index contributed by atoms with van der Waals surface area (Å²) in [5.74, 6) is 0.689. The molecule has 1 aliphatic heterocycles. The van der Waals surface area contributed by atoms with Gasteiger partial charge in [0.25, 0.3) is 0 Å². The van der Waals surface area contributed by atoms with Gasteiger partial charge in [0.05, 0.1) is 0 Å². The highest BCUT2D eigenvalue weighted by Gasteiger charge is 2.22. The van der Waals surface area contributed by atoms with Crippen LogP contribution in [0.5, 0.6) is 0 Å². The van der Waals surface area contributed by atoms with Crippen molar-refractivity contribution in [1.82, 2.24) is 14.9 Å². The van der Waals surface area contributed by atoms with Gasteiger partial charge in [0, 0.05) is 24.8 Å². The molecule has 0 aromatic carbocycles. The van der Waals surface area contributed by atoms with E-state index in [1.807, 2.05) is 6.92 Å². The van der Waals surface area contributed by atoms with Crippen LogP contribution in [0.1, 0.15) is 24.7 Å². The van der Waals surface area contributed by atoms with Crippen LogP contribution >= 0.6 is 0 Å². The number of nitriles is 1. The van der Waals surface area contributed by atoms with Gasteiger partial charge in [-0.3, -0.25) is 0 Å². The van der Waals surface area contributed by atoms with Gasteiger partial charge in [-0.2, -0.15) is 5.26 Å². The first-order valence-corrected chi connectivity index (χ1v) is 6.31. The largest absolute Gasteiger partial charge is 0.337 e. The van der Waals surface area contributed by atoms with Crippen molar-refractivity contribution in [1.29, 1.82) is 5.26 Å². The van der Waals surface area contributed by atoms with Crippen molar-refractivity contribution < 1.29 is 0 Å². The second-order valence-corrected chi connectivity index (χ2v) is 4.96. The van der Waals surface area contributed by atoms with Gasteiger partial charge < -0.3 is 9.80 Å². The van der Waals surface area contributed by atoms with E-state index in [2.05, 4.69) is 39.8 Å². The van der Waals surface area contributed by atoms with Crippen molar-refractivity contribution in [3.05, 3.63) is 17.5 Å². The minimum absolute atomic E-state index is 0.367. The third-order valence-corrected chi connectivity index (χ3v) is 3.26. The summed E-state index contributed by atoms with van der Waals surface area (Å²) < 4.78 is 0. The first-order valence-electron chi connectivity index (χ1n) is 6.31. The Balaban J connectivity index is 2.29. The lowest BCUT2D eigenvalue weighted by atomic mass is 10.3. The highest BCUT2D eigenvalue weighted by molar-refractivity contribution is 5.37. The van der Waals surface area contributed by atoms with E-state index in [1.165, 1.54) is 0 Å². The minimum Gasteiger partial charge on any atom is -0.337 e. The quantitative estimate of drug-likeness (QED) is 0.744. The Kier molecular flexibility index (Phi) is 3.78. The standard InChI is InChI=1S/C13H19N5/c1-10-7-12(8-14)16-13(15-10)18-6-4-5-17(3)9-11(18)2/h7,11H,4-6,9H2,1-3H3. The Morgan fingerprint density at radius 3 is 2.89 bits per heavy atom. The van der Waals surface area contributed by atoms with Gasteiger partial charge in [0.1, 0.15) is 11.8 Å². The van der Waals surface area contributed by atoms with Crippen LogP contribution in [-0.4, -0.2) is 47.6 Å². The average Bonchev–Trinajstić information content (AvgIpc) is 2.49. The zero-order chi connectivity index (χ0) is 13.1. The van der Waals surface area contributed by atoms with Crippen molar-refractivity contribution in [2.24, 2.45) is 0 Å². The van der Waals surface area contributed by atoms with Crippen molar-refractivity contribution in [2.45, 2.75) is 26.3 Å². The summed E-state index contributed by atoms with van der Waals surface area (Å²) in [6.45, 7) is 7.12. The molecule has 1 unspecified atom stereocenters. The molecule has 1 saturated heterocycles. The average molecular weight is 245 g/mol. The van der Waals surface area contributed by atoms with E-state index in [0.29, 0.717) is 17.7 Å². The zero-order valence-corrected chi connectivity index (χ0v) is 11.2. The van der Waals surface area contributed by atoms with Crippen molar-refractivity contribution in [3.8, 4) is 6.07 Å². The van der Waals surface area contributed by atoms with Crippen molar-refractivity contribution >= 4 is 5.95 Å². The Hall–Kier alpha value is -1.67. The van der Waals surface area contributed by atoms with Crippen molar-refractivity contribution in [3.63, 3.8) is 0 Å². The molecule has 2 heterocycles. The van der Waals surface area contributed by atoms with Crippen LogP contribution in [0.2, 0.25) is 0 Å². The van der Waals surface area contributed by atoms with E-state index in [-0.39, 0.29) is 0 Å². The lowest BCUT2D eigenvalue weighted by molar-refractivity contribution is 0.337. The topological polar surface area (TPSA) is 56.1 Å². The maximum atomic E-state index is 8.98. The van der Waals surface area contributed by atoms with Gasteiger partial charge >= 0.3 is 0 Å². The smallest absolute Gasteiger partial charge is 0.227 e. The first kappa shape index (κ1) is 12.8. The Morgan fingerprint density at radius 2 is 2.17 bits per heavy atom. The molecule has 0 radical (unpaired) electrons. The molecular formula is C13H19N5. The highest BCUT2D eigenvalue weighted by atomic mass is 15.3. The summed E-state index contributed by atoms with van der Waals surface area (Å²) in [7, 11) is 2.14. The molecule has 0 saturated carbocycles. The maximum absolute atomic E-state index is 8.98. The van der Waals surface area contributed by atoms with Gasteiger partial charge in [0.15, 0.2) is 0 Å². The summed E-state index contributed by atoms with van der Waals surface area (Å²) in [5, 5.41) is 8.98. The van der Waals surface area contributed by atoms with E-state index in [1.54, 1.807) is 6.07 Å². The number of nitrogens with zero attached hydrogens (tertiary/aromatic N) is 5. The second-order valence-electron chi connectivity index (χ2n) is 4.96.